The third-order valence-electron chi connectivity index (χ3n) is 3.61. The number of nitrogens with two attached hydrogens (primary N) is 1. The first kappa shape index (κ1) is 13.3. The highest BCUT2D eigenvalue weighted by Gasteiger charge is 2.34. The molecule has 0 radical (unpaired) electrons. The molecule has 5 heteroatoms. The smallest absolute Gasteiger partial charge is 0.247 e. The quantitative estimate of drug-likeness (QED) is 0.903. The van der Waals surface area contributed by atoms with Crippen LogP contribution in [-0.2, 0) is 10.3 Å². The molecule has 0 bridgehead atoms. The Kier molecular flexibility index (Phi) is 3.17. The van der Waals surface area contributed by atoms with Crippen molar-refractivity contribution in [2.45, 2.75) is 12.5 Å². The van der Waals surface area contributed by atoms with Gasteiger partial charge in [-0.2, -0.15) is 0 Å². The monoisotopic (exact) mass is 284 g/mol. The van der Waals surface area contributed by atoms with Gasteiger partial charge in [0.05, 0.1) is 0 Å². The molecule has 0 aromatic heterocycles. The van der Waals surface area contributed by atoms with Crippen molar-refractivity contribution in [2.24, 2.45) is 5.73 Å². The molecule has 0 aliphatic carbocycles. The maximum atomic E-state index is 12.0. The van der Waals surface area contributed by atoms with Crippen LogP contribution >= 0.6 is 0 Å². The number of anilines is 1. The van der Waals surface area contributed by atoms with Gasteiger partial charge in [-0.3, -0.25) is 4.79 Å². The maximum absolute atomic E-state index is 12.0. The number of para-hydroxylation sites is 1. The first-order chi connectivity index (χ1) is 10.1. The molecule has 1 aliphatic rings. The number of ether oxygens (including phenoxy) is 2. The van der Waals surface area contributed by atoms with Crippen molar-refractivity contribution in [1.29, 1.82) is 0 Å². The van der Waals surface area contributed by atoms with Crippen LogP contribution in [0.4, 0.5) is 5.69 Å². The number of carbonyl (C=O) groups is 1. The molecule has 3 rings (SSSR count). The van der Waals surface area contributed by atoms with Crippen molar-refractivity contribution in [1.82, 2.24) is 0 Å². The molecule has 0 saturated carbocycles. The number of benzene rings is 2. The van der Waals surface area contributed by atoms with Gasteiger partial charge in [-0.05, 0) is 36.8 Å². The summed E-state index contributed by atoms with van der Waals surface area (Å²) < 4.78 is 10.6. The summed E-state index contributed by atoms with van der Waals surface area (Å²) in [4.78, 5) is 12.0. The maximum Gasteiger partial charge on any atom is 0.247 e. The summed E-state index contributed by atoms with van der Waals surface area (Å²) in [7, 11) is 0. The zero-order valence-electron chi connectivity index (χ0n) is 11.6. The molecule has 1 amide bonds. The molecule has 0 saturated heterocycles. The van der Waals surface area contributed by atoms with E-state index in [1.807, 2.05) is 36.4 Å². The molecule has 0 spiro atoms. The van der Waals surface area contributed by atoms with E-state index in [4.69, 9.17) is 15.2 Å². The van der Waals surface area contributed by atoms with Gasteiger partial charge in [0, 0.05) is 5.69 Å². The Morgan fingerprint density at radius 1 is 1.14 bits per heavy atom. The highest BCUT2D eigenvalue weighted by molar-refractivity contribution is 5.89. The summed E-state index contributed by atoms with van der Waals surface area (Å²) in [6.45, 7) is 1.94. The fraction of sp³-hybridized carbons (Fsp3) is 0.188. The minimum Gasteiger partial charge on any atom is -0.454 e. The minimum atomic E-state index is -1.04. The van der Waals surface area contributed by atoms with E-state index in [9.17, 15) is 4.79 Å². The van der Waals surface area contributed by atoms with Crippen LogP contribution in [-0.4, -0.2) is 12.7 Å². The van der Waals surface area contributed by atoms with E-state index < -0.39 is 11.4 Å². The molecule has 108 valence electrons. The molecular weight excluding hydrogens is 268 g/mol. The number of rotatable bonds is 4. The lowest BCUT2D eigenvalue weighted by molar-refractivity contribution is -0.122. The fourth-order valence-electron chi connectivity index (χ4n) is 2.29. The van der Waals surface area contributed by atoms with Gasteiger partial charge in [0.2, 0.25) is 12.7 Å². The Balaban J connectivity index is 1.99. The Bertz CT molecular complexity index is 672. The molecule has 1 aliphatic heterocycles. The Hall–Kier alpha value is -2.69. The number of hydrogen-bond donors (Lipinski definition) is 2. The number of primary amides is 1. The first-order valence-electron chi connectivity index (χ1n) is 6.63. The predicted octanol–water partition coefficient (Wildman–Crippen LogP) is 2.23. The van der Waals surface area contributed by atoms with E-state index in [0.717, 1.165) is 11.3 Å². The van der Waals surface area contributed by atoms with Crippen molar-refractivity contribution < 1.29 is 14.3 Å². The second-order valence-electron chi connectivity index (χ2n) is 5.05. The van der Waals surface area contributed by atoms with Crippen LogP contribution in [0.1, 0.15) is 12.5 Å². The summed E-state index contributed by atoms with van der Waals surface area (Å²) in [6.07, 6.45) is 0. The Labute approximate surface area is 122 Å². The standard InChI is InChI=1S/C16H16N2O3/c1-16(15(17)19,18-12-5-3-2-4-6-12)11-7-8-13-14(9-11)21-10-20-13/h2-9,18H,10H2,1H3,(H2,17,19). The van der Waals surface area contributed by atoms with E-state index in [1.54, 1.807) is 19.1 Å². The summed E-state index contributed by atoms with van der Waals surface area (Å²) in [5.74, 6) is 0.824. The lowest BCUT2D eigenvalue weighted by atomic mass is 9.90. The van der Waals surface area contributed by atoms with Crippen LogP contribution < -0.4 is 20.5 Å². The van der Waals surface area contributed by atoms with Crippen LogP contribution in [0.5, 0.6) is 11.5 Å². The number of hydrogen-bond acceptors (Lipinski definition) is 4. The van der Waals surface area contributed by atoms with E-state index in [0.29, 0.717) is 11.5 Å². The van der Waals surface area contributed by atoms with Gasteiger partial charge in [-0.15, -0.1) is 0 Å². The largest absolute Gasteiger partial charge is 0.454 e. The van der Waals surface area contributed by atoms with Crippen LogP contribution in [0.25, 0.3) is 0 Å². The summed E-state index contributed by atoms with van der Waals surface area (Å²) in [5.41, 5.74) is 6.12. The van der Waals surface area contributed by atoms with Crippen LogP contribution in [0.2, 0.25) is 0 Å². The van der Waals surface area contributed by atoms with Crippen molar-refractivity contribution in [3.63, 3.8) is 0 Å². The van der Waals surface area contributed by atoms with Crippen molar-refractivity contribution in [3.05, 3.63) is 54.1 Å². The van der Waals surface area contributed by atoms with E-state index >= 15 is 0 Å². The van der Waals surface area contributed by atoms with E-state index in [2.05, 4.69) is 5.32 Å². The van der Waals surface area contributed by atoms with Crippen molar-refractivity contribution in [3.8, 4) is 11.5 Å². The van der Waals surface area contributed by atoms with Crippen molar-refractivity contribution >= 4 is 11.6 Å². The van der Waals surface area contributed by atoms with Crippen LogP contribution in [0, 0.1) is 0 Å². The zero-order valence-corrected chi connectivity index (χ0v) is 11.6. The molecule has 1 unspecified atom stereocenters. The lowest BCUT2D eigenvalue weighted by Crippen LogP contribution is -2.45. The van der Waals surface area contributed by atoms with Gasteiger partial charge in [0.1, 0.15) is 5.54 Å². The van der Waals surface area contributed by atoms with E-state index in [1.165, 1.54) is 0 Å². The van der Waals surface area contributed by atoms with Gasteiger partial charge < -0.3 is 20.5 Å². The predicted molar refractivity (Wildman–Crippen MR) is 79.2 cm³/mol. The average Bonchev–Trinajstić information content (AvgIpc) is 2.95. The SMILES string of the molecule is CC(Nc1ccccc1)(C(N)=O)c1ccc2c(c1)OCO2. The summed E-state index contributed by atoms with van der Waals surface area (Å²) >= 11 is 0. The Morgan fingerprint density at radius 3 is 2.57 bits per heavy atom. The molecule has 5 nitrogen and oxygen atoms in total. The molecule has 2 aromatic carbocycles. The lowest BCUT2D eigenvalue weighted by Gasteiger charge is -2.29. The summed E-state index contributed by atoms with van der Waals surface area (Å²) in [6, 6.07) is 14.8. The highest BCUT2D eigenvalue weighted by Crippen LogP contribution is 2.36. The zero-order chi connectivity index (χ0) is 14.9. The number of nitrogens with one attached hydrogen (secondary N) is 1. The fourth-order valence-corrected chi connectivity index (χ4v) is 2.29. The molecule has 1 heterocycles. The van der Waals surface area contributed by atoms with Gasteiger partial charge in [-0.1, -0.05) is 24.3 Å². The van der Waals surface area contributed by atoms with E-state index in [-0.39, 0.29) is 6.79 Å². The van der Waals surface area contributed by atoms with Crippen LogP contribution in [0.3, 0.4) is 0 Å². The topological polar surface area (TPSA) is 73.6 Å². The number of carbonyl (C=O) groups excluding carboxylic acids is 1. The highest BCUT2D eigenvalue weighted by atomic mass is 16.7. The normalized spacial score (nSPS) is 15.3. The molecule has 1 atom stereocenters. The molecule has 3 N–H and O–H groups in total. The molecule has 21 heavy (non-hydrogen) atoms. The third-order valence-corrected chi connectivity index (χ3v) is 3.61. The molecule has 2 aromatic rings. The Morgan fingerprint density at radius 2 is 1.86 bits per heavy atom. The molecular formula is C16H16N2O3. The second kappa shape index (κ2) is 5.01. The minimum absolute atomic E-state index is 0.193. The average molecular weight is 284 g/mol. The van der Waals surface area contributed by atoms with Gasteiger partial charge in [0.15, 0.2) is 11.5 Å². The summed E-state index contributed by atoms with van der Waals surface area (Å²) in [5, 5.41) is 3.19. The third kappa shape index (κ3) is 2.38. The van der Waals surface area contributed by atoms with Crippen molar-refractivity contribution in [2.75, 3.05) is 12.1 Å². The van der Waals surface area contributed by atoms with Crippen LogP contribution in [0.15, 0.2) is 48.5 Å². The van der Waals surface area contributed by atoms with Gasteiger partial charge in [0.25, 0.3) is 0 Å². The van der Waals surface area contributed by atoms with Gasteiger partial charge in [-0.25, -0.2) is 0 Å². The molecule has 0 fully saturated rings. The number of amides is 1. The number of fused-ring (bicyclic) bond motifs is 1. The van der Waals surface area contributed by atoms with Gasteiger partial charge >= 0.3 is 0 Å². The second-order valence-corrected chi connectivity index (χ2v) is 5.05. The first-order valence-corrected chi connectivity index (χ1v) is 6.63.